The molecule has 6 nitrogen and oxygen atoms in total. The summed E-state index contributed by atoms with van der Waals surface area (Å²) in [5.41, 5.74) is 0.411. The van der Waals surface area contributed by atoms with E-state index in [1.54, 1.807) is 30.3 Å². The third-order valence-electron chi connectivity index (χ3n) is 4.64. The van der Waals surface area contributed by atoms with Crippen LogP contribution in [-0.2, 0) is 14.8 Å². The van der Waals surface area contributed by atoms with E-state index in [1.165, 1.54) is 23.5 Å². The molecule has 0 radical (unpaired) electrons. The second-order valence-electron chi connectivity index (χ2n) is 6.49. The zero-order valence-corrected chi connectivity index (χ0v) is 17.5. The highest BCUT2D eigenvalue weighted by Gasteiger charge is 2.33. The van der Waals surface area contributed by atoms with Gasteiger partial charge >= 0.3 is 0 Å². The molecule has 1 N–H and O–H groups in total. The number of hydrogen-bond donors (Lipinski definition) is 1. The van der Waals surface area contributed by atoms with E-state index in [0.717, 1.165) is 0 Å². The Morgan fingerprint density at radius 1 is 1.18 bits per heavy atom. The fourth-order valence-electron chi connectivity index (χ4n) is 3.10. The van der Waals surface area contributed by atoms with Crippen molar-refractivity contribution >= 4 is 44.8 Å². The third kappa shape index (κ3) is 4.60. The van der Waals surface area contributed by atoms with Crippen LogP contribution in [0.5, 0.6) is 5.75 Å². The molecule has 1 heterocycles. The van der Waals surface area contributed by atoms with Gasteiger partial charge in [-0.2, -0.15) is 4.31 Å². The van der Waals surface area contributed by atoms with E-state index in [2.05, 4.69) is 5.32 Å². The Balaban J connectivity index is 1.73. The molecule has 9 heteroatoms. The Morgan fingerprint density at radius 3 is 2.57 bits per heavy atom. The Bertz CT molecular complexity index is 964. The first-order valence-electron chi connectivity index (χ1n) is 8.71. The molecule has 1 atom stereocenters. The molecule has 0 bridgehead atoms. The number of sulfonamides is 1. The predicted molar refractivity (Wildman–Crippen MR) is 110 cm³/mol. The highest BCUT2D eigenvalue weighted by molar-refractivity contribution is 7.89. The molecular weight excluding hydrogens is 423 g/mol. The van der Waals surface area contributed by atoms with Crippen molar-refractivity contribution in [1.82, 2.24) is 4.31 Å². The van der Waals surface area contributed by atoms with Crippen molar-refractivity contribution in [2.45, 2.75) is 17.7 Å². The summed E-state index contributed by atoms with van der Waals surface area (Å²) in [7, 11) is -2.17. The number of nitrogens with zero attached hydrogens (tertiary/aromatic N) is 1. The van der Waals surface area contributed by atoms with E-state index in [1.807, 2.05) is 0 Å². The van der Waals surface area contributed by atoms with Crippen LogP contribution in [-0.4, -0.2) is 38.8 Å². The lowest BCUT2D eigenvalue weighted by atomic mass is 9.99. The van der Waals surface area contributed by atoms with Crippen LogP contribution in [0.25, 0.3) is 0 Å². The normalized spacial score (nSPS) is 17.9. The van der Waals surface area contributed by atoms with Crippen LogP contribution in [0.1, 0.15) is 12.8 Å². The number of methoxy groups -OCH3 is 1. The topological polar surface area (TPSA) is 75.7 Å². The fraction of sp³-hybridized carbons (Fsp3) is 0.316. The van der Waals surface area contributed by atoms with Gasteiger partial charge in [-0.3, -0.25) is 4.79 Å². The molecule has 3 rings (SSSR count). The van der Waals surface area contributed by atoms with Crippen molar-refractivity contribution < 1.29 is 17.9 Å². The zero-order chi connectivity index (χ0) is 20.3. The Morgan fingerprint density at radius 2 is 1.89 bits per heavy atom. The SMILES string of the molecule is COc1ccc(S(=O)(=O)N2CCC[C@@H](C(=O)Nc3cc(Cl)ccc3Cl)C2)cc1. The standard InChI is InChI=1S/C19H20Cl2N2O4S/c1-27-15-5-7-16(8-6-15)28(25,26)23-10-2-3-13(12-23)19(24)22-18-11-14(20)4-9-17(18)21/h4-9,11,13H,2-3,10,12H2,1H3,(H,22,24)/t13-/m1/s1. The molecular formula is C19H20Cl2N2O4S. The molecule has 1 aliphatic rings. The molecule has 150 valence electrons. The second kappa shape index (κ2) is 8.69. The van der Waals surface area contributed by atoms with Gasteiger partial charge in [0.25, 0.3) is 0 Å². The number of carbonyl (C=O) groups excluding carboxylic acids is 1. The molecule has 1 fully saturated rings. The number of hydrogen-bond acceptors (Lipinski definition) is 4. The fourth-order valence-corrected chi connectivity index (χ4v) is 4.96. The minimum absolute atomic E-state index is 0.110. The molecule has 1 saturated heterocycles. The van der Waals surface area contributed by atoms with Gasteiger partial charge in [0.05, 0.1) is 28.6 Å². The van der Waals surface area contributed by atoms with Crippen LogP contribution in [0.3, 0.4) is 0 Å². The first-order valence-corrected chi connectivity index (χ1v) is 10.9. The largest absolute Gasteiger partial charge is 0.497 e. The van der Waals surface area contributed by atoms with E-state index in [-0.39, 0.29) is 17.3 Å². The van der Waals surface area contributed by atoms with E-state index in [9.17, 15) is 13.2 Å². The monoisotopic (exact) mass is 442 g/mol. The quantitative estimate of drug-likeness (QED) is 0.757. The van der Waals surface area contributed by atoms with Gasteiger partial charge in [0.2, 0.25) is 15.9 Å². The number of ether oxygens (including phenoxy) is 1. The number of carbonyl (C=O) groups is 1. The number of anilines is 1. The lowest BCUT2D eigenvalue weighted by Crippen LogP contribution is -2.43. The lowest BCUT2D eigenvalue weighted by molar-refractivity contribution is -0.120. The van der Waals surface area contributed by atoms with Gasteiger partial charge in [-0.05, 0) is 55.3 Å². The average Bonchev–Trinajstić information content (AvgIpc) is 2.71. The molecule has 0 saturated carbocycles. The molecule has 0 unspecified atom stereocenters. The number of rotatable bonds is 5. The van der Waals surface area contributed by atoms with Crippen LogP contribution in [0, 0.1) is 5.92 Å². The summed E-state index contributed by atoms with van der Waals surface area (Å²) in [5.74, 6) is -0.177. The molecule has 2 aromatic carbocycles. The minimum atomic E-state index is -3.69. The molecule has 0 spiro atoms. The summed E-state index contributed by atoms with van der Waals surface area (Å²) in [6.45, 7) is 0.481. The van der Waals surface area contributed by atoms with Gasteiger partial charge in [0.15, 0.2) is 0 Å². The smallest absolute Gasteiger partial charge is 0.243 e. The van der Waals surface area contributed by atoms with Gasteiger partial charge < -0.3 is 10.1 Å². The van der Waals surface area contributed by atoms with Crippen molar-refractivity contribution in [3.05, 3.63) is 52.5 Å². The highest BCUT2D eigenvalue weighted by atomic mass is 35.5. The lowest BCUT2D eigenvalue weighted by Gasteiger charge is -2.31. The van der Waals surface area contributed by atoms with Crippen LogP contribution in [0.15, 0.2) is 47.4 Å². The minimum Gasteiger partial charge on any atom is -0.497 e. The van der Waals surface area contributed by atoms with Gasteiger partial charge in [-0.25, -0.2) is 8.42 Å². The summed E-state index contributed by atoms with van der Waals surface area (Å²) in [6, 6.07) is 11.0. The van der Waals surface area contributed by atoms with E-state index in [0.29, 0.717) is 40.9 Å². The maximum absolute atomic E-state index is 12.9. The summed E-state index contributed by atoms with van der Waals surface area (Å²) in [6.07, 6.45) is 1.19. The van der Waals surface area contributed by atoms with Crippen molar-refractivity contribution in [2.75, 3.05) is 25.5 Å². The van der Waals surface area contributed by atoms with Gasteiger partial charge in [0, 0.05) is 18.1 Å². The zero-order valence-electron chi connectivity index (χ0n) is 15.2. The van der Waals surface area contributed by atoms with E-state index in [4.69, 9.17) is 27.9 Å². The summed E-state index contributed by atoms with van der Waals surface area (Å²) >= 11 is 12.0. The average molecular weight is 443 g/mol. The van der Waals surface area contributed by atoms with Crippen LogP contribution in [0.2, 0.25) is 10.0 Å². The number of amides is 1. The number of benzene rings is 2. The number of piperidine rings is 1. The first kappa shape index (κ1) is 20.9. The van der Waals surface area contributed by atoms with Gasteiger partial charge in [0.1, 0.15) is 5.75 Å². The first-order chi connectivity index (χ1) is 13.3. The molecule has 1 amide bonds. The Labute approximate surface area is 174 Å². The van der Waals surface area contributed by atoms with Crippen LogP contribution in [0.4, 0.5) is 5.69 Å². The number of nitrogens with one attached hydrogen (secondary N) is 1. The summed E-state index contributed by atoms with van der Waals surface area (Å²) in [5, 5.41) is 3.58. The summed E-state index contributed by atoms with van der Waals surface area (Å²) < 4.78 is 32.3. The van der Waals surface area contributed by atoms with Gasteiger partial charge in [-0.15, -0.1) is 0 Å². The van der Waals surface area contributed by atoms with Crippen molar-refractivity contribution in [1.29, 1.82) is 0 Å². The van der Waals surface area contributed by atoms with Crippen molar-refractivity contribution in [3.63, 3.8) is 0 Å². The highest BCUT2D eigenvalue weighted by Crippen LogP contribution is 2.29. The van der Waals surface area contributed by atoms with Gasteiger partial charge in [-0.1, -0.05) is 23.2 Å². The molecule has 28 heavy (non-hydrogen) atoms. The molecule has 2 aromatic rings. The van der Waals surface area contributed by atoms with E-state index >= 15 is 0 Å². The Kier molecular flexibility index (Phi) is 6.50. The maximum Gasteiger partial charge on any atom is 0.243 e. The van der Waals surface area contributed by atoms with Crippen molar-refractivity contribution in [2.24, 2.45) is 5.92 Å². The van der Waals surface area contributed by atoms with Crippen LogP contribution >= 0.6 is 23.2 Å². The third-order valence-corrected chi connectivity index (χ3v) is 7.08. The van der Waals surface area contributed by atoms with Crippen molar-refractivity contribution in [3.8, 4) is 5.75 Å². The summed E-state index contributed by atoms with van der Waals surface area (Å²) in [4.78, 5) is 12.8. The van der Waals surface area contributed by atoms with Crippen LogP contribution < -0.4 is 10.1 Å². The Hall–Kier alpha value is -1.80. The molecule has 0 aliphatic carbocycles. The number of halogens is 2. The van der Waals surface area contributed by atoms with E-state index < -0.39 is 15.9 Å². The molecule has 0 aromatic heterocycles. The second-order valence-corrected chi connectivity index (χ2v) is 9.27. The maximum atomic E-state index is 12.9. The molecule has 1 aliphatic heterocycles. The predicted octanol–water partition coefficient (Wildman–Crippen LogP) is 4.04.